The molecule has 40 heavy (non-hydrogen) atoms. The van der Waals surface area contributed by atoms with Gasteiger partial charge in [0.25, 0.3) is 0 Å². The zero-order valence-electron chi connectivity index (χ0n) is 22.4. The summed E-state index contributed by atoms with van der Waals surface area (Å²) < 4.78 is 2.35. The van der Waals surface area contributed by atoms with Gasteiger partial charge in [0.05, 0.1) is 21.8 Å². The minimum Gasteiger partial charge on any atom is -0.399 e. The molecular formula is C30H30BrClN6O2. The number of aryl methyl sites for hydroxylation is 1. The number of para-hydroxylation sites is 1. The lowest BCUT2D eigenvalue weighted by Crippen LogP contribution is -2.54. The maximum atomic E-state index is 13.9. The average Bonchev–Trinajstić information content (AvgIpc) is 2.94. The summed E-state index contributed by atoms with van der Waals surface area (Å²) in [7, 11) is 0. The number of halogens is 2. The molecule has 0 radical (unpaired) electrons. The van der Waals surface area contributed by atoms with Crippen molar-refractivity contribution in [3.8, 4) is 16.9 Å². The van der Waals surface area contributed by atoms with E-state index >= 15 is 0 Å². The molecule has 10 heteroatoms. The highest BCUT2D eigenvalue weighted by Crippen LogP contribution is 2.37. The van der Waals surface area contributed by atoms with Gasteiger partial charge in [0.15, 0.2) is 5.65 Å². The molecule has 0 aliphatic carbocycles. The number of carbonyl (C=O) groups excluding carboxylic acids is 1. The molecule has 1 aliphatic rings. The fraction of sp³-hybridized carbons (Fsp3) is 0.267. The number of carbonyl (C=O) groups is 1. The molecule has 1 fully saturated rings. The van der Waals surface area contributed by atoms with E-state index in [-0.39, 0.29) is 11.9 Å². The molecule has 0 bridgehead atoms. The number of nitrogens with zero attached hydrogens (tertiary/aromatic N) is 5. The Morgan fingerprint density at radius 3 is 2.70 bits per heavy atom. The third-order valence-electron chi connectivity index (χ3n) is 7.18. The second-order valence-corrected chi connectivity index (χ2v) is 11.2. The zero-order chi connectivity index (χ0) is 28.6. The highest BCUT2D eigenvalue weighted by atomic mass is 79.9. The number of nitrogens with two attached hydrogens (primary N) is 1. The van der Waals surface area contributed by atoms with Crippen molar-refractivity contribution in [3.63, 3.8) is 0 Å². The Balaban J connectivity index is 1.78. The Bertz CT molecular complexity index is 1690. The number of aromatic nitrogens is 3. The summed E-state index contributed by atoms with van der Waals surface area (Å²) >= 11 is 10.5. The Morgan fingerprint density at radius 2 is 1.98 bits per heavy atom. The van der Waals surface area contributed by atoms with E-state index in [0.717, 1.165) is 34.1 Å². The van der Waals surface area contributed by atoms with Crippen LogP contribution in [-0.2, 0) is 11.2 Å². The van der Waals surface area contributed by atoms with Crippen LogP contribution in [0.5, 0.6) is 0 Å². The van der Waals surface area contributed by atoms with Crippen molar-refractivity contribution in [2.24, 2.45) is 0 Å². The Kier molecular flexibility index (Phi) is 7.96. The molecule has 3 heterocycles. The minimum atomic E-state index is -0.435. The van der Waals surface area contributed by atoms with Crippen molar-refractivity contribution < 1.29 is 4.79 Å². The SMILES string of the molecule is C=CC(=O)N1CCN(c2nc(=O)n(-c3ccccc3CCC)c3nc(-c4cc(N)ccc4Br)c(Cl)cc23)[C@@H](C)C1. The fourth-order valence-electron chi connectivity index (χ4n) is 5.27. The lowest BCUT2D eigenvalue weighted by molar-refractivity contribution is -0.126. The summed E-state index contributed by atoms with van der Waals surface area (Å²) in [5, 5.41) is 1.05. The first-order valence-corrected chi connectivity index (χ1v) is 14.4. The monoisotopic (exact) mass is 620 g/mol. The first-order valence-electron chi connectivity index (χ1n) is 13.2. The fourth-order valence-corrected chi connectivity index (χ4v) is 5.95. The molecule has 1 saturated heterocycles. The van der Waals surface area contributed by atoms with Crippen LogP contribution in [0, 0.1) is 0 Å². The number of rotatable bonds is 6. The van der Waals surface area contributed by atoms with E-state index < -0.39 is 5.69 Å². The summed E-state index contributed by atoms with van der Waals surface area (Å²) in [5.41, 5.74) is 9.67. The Morgan fingerprint density at radius 1 is 1.20 bits per heavy atom. The van der Waals surface area contributed by atoms with E-state index in [0.29, 0.717) is 52.9 Å². The smallest absolute Gasteiger partial charge is 0.355 e. The van der Waals surface area contributed by atoms with Crippen LogP contribution in [-0.4, -0.2) is 51.0 Å². The van der Waals surface area contributed by atoms with Crippen molar-refractivity contribution in [2.45, 2.75) is 32.7 Å². The number of amides is 1. The number of fused-ring (bicyclic) bond motifs is 1. The highest BCUT2D eigenvalue weighted by Gasteiger charge is 2.30. The first kappa shape index (κ1) is 27.9. The number of benzene rings is 2. The number of hydrogen-bond donors (Lipinski definition) is 1. The van der Waals surface area contributed by atoms with Crippen LogP contribution in [0.3, 0.4) is 0 Å². The van der Waals surface area contributed by atoms with E-state index in [9.17, 15) is 9.59 Å². The normalized spacial score (nSPS) is 15.4. The summed E-state index contributed by atoms with van der Waals surface area (Å²) in [6.45, 7) is 9.17. The van der Waals surface area contributed by atoms with Crippen molar-refractivity contribution in [2.75, 3.05) is 30.3 Å². The van der Waals surface area contributed by atoms with E-state index in [1.54, 1.807) is 21.6 Å². The molecule has 2 aromatic heterocycles. The standard InChI is InChI=1S/C30H30BrClN6O2/c1-4-8-19-9-6-7-10-25(19)38-29-22(16-24(32)27(34-29)21-15-20(33)11-12-23(21)31)28(35-30(38)40)37-14-13-36(17-18(37)3)26(39)5-2/h5-7,9-12,15-16,18H,2,4,8,13-14,17,33H2,1,3H3/t18-/m0/s1. The van der Waals surface area contributed by atoms with Crippen LogP contribution in [0.2, 0.25) is 5.02 Å². The molecule has 0 saturated carbocycles. The van der Waals surface area contributed by atoms with Crippen LogP contribution in [0.25, 0.3) is 28.0 Å². The number of anilines is 2. The van der Waals surface area contributed by atoms with Crippen LogP contribution in [0.4, 0.5) is 11.5 Å². The van der Waals surface area contributed by atoms with Gasteiger partial charge in [0.2, 0.25) is 5.91 Å². The van der Waals surface area contributed by atoms with Gasteiger partial charge in [0.1, 0.15) is 5.82 Å². The molecule has 1 atom stereocenters. The molecule has 4 aromatic rings. The van der Waals surface area contributed by atoms with Gasteiger partial charge >= 0.3 is 5.69 Å². The lowest BCUT2D eigenvalue weighted by Gasteiger charge is -2.40. The lowest BCUT2D eigenvalue weighted by atomic mass is 10.1. The third kappa shape index (κ3) is 5.11. The predicted octanol–water partition coefficient (Wildman–Crippen LogP) is 5.62. The quantitative estimate of drug-likeness (QED) is 0.222. The third-order valence-corrected chi connectivity index (χ3v) is 8.16. The number of hydrogen-bond acceptors (Lipinski definition) is 6. The summed E-state index contributed by atoms with van der Waals surface area (Å²) in [5.74, 6) is 0.379. The Labute approximate surface area is 246 Å². The maximum absolute atomic E-state index is 13.9. The molecule has 0 spiro atoms. The van der Waals surface area contributed by atoms with Gasteiger partial charge in [-0.2, -0.15) is 4.98 Å². The minimum absolute atomic E-state index is 0.0995. The van der Waals surface area contributed by atoms with Gasteiger partial charge in [0, 0.05) is 41.4 Å². The number of nitrogen functional groups attached to an aromatic ring is 1. The highest BCUT2D eigenvalue weighted by molar-refractivity contribution is 9.10. The summed E-state index contributed by atoms with van der Waals surface area (Å²) in [4.78, 5) is 39.6. The van der Waals surface area contributed by atoms with Gasteiger partial charge in [-0.25, -0.2) is 14.3 Å². The van der Waals surface area contributed by atoms with Gasteiger partial charge in [-0.1, -0.05) is 65.7 Å². The van der Waals surface area contributed by atoms with Gasteiger partial charge in [-0.3, -0.25) is 4.79 Å². The Hall–Kier alpha value is -3.69. The van der Waals surface area contributed by atoms with E-state index in [4.69, 9.17) is 22.3 Å². The van der Waals surface area contributed by atoms with Gasteiger partial charge in [-0.05, 0) is 55.3 Å². The molecular weight excluding hydrogens is 592 g/mol. The van der Waals surface area contributed by atoms with Crippen molar-refractivity contribution in [1.82, 2.24) is 19.4 Å². The maximum Gasteiger partial charge on any atom is 0.355 e. The molecule has 5 rings (SSSR count). The molecule has 1 aliphatic heterocycles. The van der Waals surface area contributed by atoms with Crippen molar-refractivity contribution >= 4 is 56.0 Å². The van der Waals surface area contributed by atoms with Crippen LogP contribution < -0.4 is 16.3 Å². The molecule has 2 N–H and O–H groups in total. The van der Waals surface area contributed by atoms with Crippen LogP contribution in [0.1, 0.15) is 25.8 Å². The van der Waals surface area contributed by atoms with E-state index in [2.05, 4.69) is 34.4 Å². The first-order chi connectivity index (χ1) is 19.2. The van der Waals surface area contributed by atoms with E-state index in [1.165, 1.54) is 6.08 Å². The molecule has 8 nitrogen and oxygen atoms in total. The predicted molar refractivity (Wildman–Crippen MR) is 165 cm³/mol. The largest absolute Gasteiger partial charge is 0.399 e. The number of piperazine rings is 1. The summed E-state index contributed by atoms with van der Waals surface area (Å²) in [6, 6.07) is 15.0. The average molecular weight is 622 g/mol. The second-order valence-electron chi connectivity index (χ2n) is 9.89. The molecule has 206 valence electrons. The second kappa shape index (κ2) is 11.4. The molecule has 0 unspecified atom stereocenters. The van der Waals surface area contributed by atoms with Crippen LogP contribution in [0.15, 0.2) is 70.5 Å². The topological polar surface area (TPSA) is 97.4 Å². The van der Waals surface area contributed by atoms with E-state index in [1.807, 2.05) is 48.2 Å². The molecule has 1 amide bonds. The summed E-state index contributed by atoms with van der Waals surface area (Å²) in [6.07, 6.45) is 3.04. The van der Waals surface area contributed by atoms with Crippen LogP contribution >= 0.6 is 27.5 Å². The molecule has 2 aromatic carbocycles. The van der Waals surface area contributed by atoms with Crippen molar-refractivity contribution in [3.05, 3.63) is 86.7 Å². The number of pyridine rings is 1. The van der Waals surface area contributed by atoms with Gasteiger partial charge < -0.3 is 15.5 Å². The zero-order valence-corrected chi connectivity index (χ0v) is 24.7. The van der Waals surface area contributed by atoms with Gasteiger partial charge in [-0.15, -0.1) is 0 Å². The van der Waals surface area contributed by atoms with Crippen molar-refractivity contribution in [1.29, 1.82) is 0 Å².